The third-order valence-corrected chi connectivity index (χ3v) is 7.45. The van der Waals surface area contributed by atoms with Crippen molar-refractivity contribution in [3.63, 3.8) is 0 Å². The first-order valence-electron chi connectivity index (χ1n) is 16.8. The molecule has 0 aliphatic heterocycles. The van der Waals surface area contributed by atoms with Crippen LogP contribution in [0.15, 0.2) is 0 Å². The summed E-state index contributed by atoms with van der Waals surface area (Å²) in [6, 6.07) is 0. The van der Waals surface area contributed by atoms with Crippen molar-refractivity contribution < 1.29 is 24.2 Å². The highest BCUT2D eigenvalue weighted by atomic mass is 16.6. The van der Waals surface area contributed by atoms with Crippen LogP contribution in [0.5, 0.6) is 0 Å². The molecular formula is C34H66O5. The largest absolute Gasteiger partial charge is 0.463 e. The van der Waals surface area contributed by atoms with Crippen molar-refractivity contribution in [2.75, 3.05) is 13.2 Å². The zero-order valence-corrected chi connectivity index (χ0v) is 26.5. The monoisotopic (exact) mass is 554 g/mol. The molecular weight excluding hydrogens is 488 g/mol. The molecule has 232 valence electrons. The number of ether oxygens (including phenoxy) is 2. The molecule has 0 amide bonds. The van der Waals surface area contributed by atoms with Gasteiger partial charge in [0.1, 0.15) is 19.3 Å². The average Bonchev–Trinajstić information content (AvgIpc) is 2.89. The van der Waals surface area contributed by atoms with Gasteiger partial charge in [0.15, 0.2) is 0 Å². The lowest BCUT2D eigenvalue weighted by molar-refractivity contribution is -0.152. The molecule has 39 heavy (non-hydrogen) atoms. The maximum Gasteiger partial charge on any atom is 0.305 e. The van der Waals surface area contributed by atoms with Crippen LogP contribution in [-0.4, -0.2) is 36.4 Å². The van der Waals surface area contributed by atoms with E-state index in [1.165, 1.54) is 103 Å². The van der Waals surface area contributed by atoms with E-state index in [2.05, 4.69) is 27.7 Å². The number of carbonyl (C=O) groups excluding carboxylic acids is 2. The van der Waals surface area contributed by atoms with E-state index in [1.54, 1.807) is 0 Å². The van der Waals surface area contributed by atoms with Gasteiger partial charge in [-0.1, -0.05) is 150 Å². The Morgan fingerprint density at radius 1 is 0.462 bits per heavy atom. The van der Waals surface area contributed by atoms with Crippen molar-refractivity contribution in [2.24, 2.45) is 11.8 Å². The zero-order chi connectivity index (χ0) is 29.0. The molecule has 1 atom stereocenters. The normalized spacial score (nSPS) is 12.3. The van der Waals surface area contributed by atoms with E-state index in [-0.39, 0.29) is 25.2 Å². The quantitative estimate of drug-likeness (QED) is 0.0736. The molecule has 0 aromatic rings. The van der Waals surface area contributed by atoms with Crippen LogP contribution in [0, 0.1) is 11.8 Å². The molecule has 1 N–H and O–H groups in total. The van der Waals surface area contributed by atoms with Crippen LogP contribution in [0.3, 0.4) is 0 Å². The molecule has 0 aromatic heterocycles. The van der Waals surface area contributed by atoms with Gasteiger partial charge in [0, 0.05) is 12.8 Å². The Labute approximate surface area is 242 Å². The summed E-state index contributed by atoms with van der Waals surface area (Å²) >= 11 is 0. The number of aliphatic hydroxyl groups excluding tert-OH is 1. The fourth-order valence-electron chi connectivity index (χ4n) is 4.87. The third kappa shape index (κ3) is 31.3. The predicted octanol–water partition coefficient (Wildman–Crippen LogP) is 9.72. The molecule has 0 rings (SSSR count). The van der Waals surface area contributed by atoms with Gasteiger partial charge in [-0.3, -0.25) is 9.59 Å². The first-order chi connectivity index (χ1) is 18.8. The predicted molar refractivity (Wildman–Crippen MR) is 164 cm³/mol. The molecule has 0 bridgehead atoms. The van der Waals surface area contributed by atoms with Crippen LogP contribution in [0.1, 0.15) is 175 Å². The Kier molecular flexibility index (Phi) is 27.6. The number of hydrogen-bond donors (Lipinski definition) is 1. The number of unbranched alkanes of at least 4 members (excludes halogenated alkanes) is 17. The second kappa shape index (κ2) is 28.4. The lowest BCUT2D eigenvalue weighted by atomic mass is 10.0. The molecule has 0 spiro atoms. The molecule has 0 aromatic carbocycles. The highest BCUT2D eigenvalue weighted by molar-refractivity contribution is 5.69. The number of hydrogen-bond acceptors (Lipinski definition) is 5. The standard InChI is InChI=1S/C34H66O5/c1-30(2)24-20-16-12-9-7-5-6-8-10-14-18-22-26-33(36)38-28-32(35)29-39-34(37)27-23-19-15-11-13-17-21-25-31(3)4/h30-32,35H,5-29H2,1-4H3/t32-/m1/s1. The highest BCUT2D eigenvalue weighted by Gasteiger charge is 2.12. The van der Waals surface area contributed by atoms with Crippen molar-refractivity contribution >= 4 is 11.9 Å². The fourth-order valence-corrected chi connectivity index (χ4v) is 4.87. The third-order valence-electron chi connectivity index (χ3n) is 7.45. The smallest absolute Gasteiger partial charge is 0.305 e. The van der Waals surface area contributed by atoms with E-state index >= 15 is 0 Å². The summed E-state index contributed by atoms with van der Waals surface area (Å²) in [5, 5.41) is 9.94. The van der Waals surface area contributed by atoms with Gasteiger partial charge in [-0.25, -0.2) is 0 Å². The Bertz CT molecular complexity index is 546. The summed E-state index contributed by atoms with van der Waals surface area (Å²) < 4.78 is 10.3. The zero-order valence-electron chi connectivity index (χ0n) is 26.5. The van der Waals surface area contributed by atoms with Gasteiger partial charge in [0.05, 0.1) is 0 Å². The number of carbonyl (C=O) groups is 2. The van der Waals surface area contributed by atoms with Crippen LogP contribution < -0.4 is 0 Å². The topological polar surface area (TPSA) is 72.8 Å². The fraction of sp³-hybridized carbons (Fsp3) is 0.941. The van der Waals surface area contributed by atoms with E-state index in [1.807, 2.05) is 0 Å². The summed E-state index contributed by atoms with van der Waals surface area (Å²) in [5.41, 5.74) is 0. The van der Waals surface area contributed by atoms with Gasteiger partial charge >= 0.3 is 11.9 Å². The van der Waals surface area contributed by atoms with E-state index in [9.17, 15) is 14.7 Å². The van der Waals surface area contributed by atoms with Crippen LogP contribution in [-0.2, 0) is 19.1 Å². The SMILES string of the molecule is CC(C)CCCCCCCCCCCCCCC(=O)OC[C@@H](O)COC(=O)CCCCCCCCCC(C)C. The van der Waals surface area contributed by atoms with Gasteiger partial charge in [0.2, 0.25) is 0 Å². The van der Waals surface area contributed by atoms with Crippen molar-refractivity contribution in [3.05, 3.63) is 0 Å². The van der Waals surface area contributed by atoms with E-state index in [0.717, 1.165) is 43.9 Å². The molecule has 0 unspecified atom stereocenters. The van der Waals surface area contributed by atoms with Crippen molar-refractivity contribution in [1.29, 1.82) is 0 Å². The van der Waals surface area contributed by atoms with Gasteiger partial charge in [-0.05, 0) is 24.7 Å². The van der Waals surface area contributed by atoms with Crippen molar-refractivity contribution in [2.45, 2.75) is 181 Å². The van der Waals surface area contributed by atoms with E-state index in [4.69, 9.17) is 9.47 Å². The minimum Gasteiger partial charge on any atom is -0.463 e. The Morgan fingerprint density at radius 2 is 0.718 bits per heavy atom. The lowest BCUT2D eigenvalue weighted by Crippen LogP contribution is -2.25. The second-order valence-corrected chi connectivity index (χ2v) is 12.6. The molecule has 5 heteroatoms. The number of rotatable bonds is 29. The van der Waals surface area contributed by atoms with Gasteiger partial charge in [-0.15, -0.1) is 0 Å². The number of esters is 2. The second-order valence-electron chi connectivity index (χ2n) is 12.6. The molecule has 0 aliphatic carbocycles. The average molecular weight is 555 g/mol. The van der Waals surface area contributed by atoms with Crippen LogP contribution in [0.2, 0.25) is 0 Å². The molecule has 0 radical (unpaired) electrons. The van der Waals surface area contributed by atoms with E-state index < -0.39 is 6.10 Å². The maximum atomic E-state index is 11.9. The van der Waals surface area contributed by atoms with Crippen molar-refractivity contribution in [1.82, 2.24) is 0 Å². The summed E-state index contributed by atoms with van der Waals surface area (Å²) in [7, 11) is 0. The molecule has 5 nitrogen and oxygen atoms in total. The minimum absolute atomic E-state index is 0.110. The first-order valence-corrected chi connectivity index (χ1v) is 16.8. The van der Waals surface area contributed by atoms with Gasteiger partial charge < -0.3 is 14.6 Å². The summed E-state index contributed by atoms with van der Waals surface area (Å²) in [6.07, 6.45) is 25.9. The number of aliphatic hydroxyl groups is 1. The van der Waals surface area contributed by atoms with Crippen LogP contribution in [0.25, 0.3) is 0 Å². The minimum atomic E-state index is -0.955. The lowest BCUT2D eigenvalue weighted by Gasteiger charge is -2.12. The van der Waals surface area contributed by atoms with Crippen LogP contribution in [0.4, 0.5) is 0 Å². The first kappa shape index (κ1) is 37.9. The maximum absolute atomic E-state index is 11.9. The Morgan fingerprint density at radius 3 is 1.00 bits per heavy atom. The van der Waals surface area contributed by atoms with E-state index in [0.29, 0.717) is 12.8 Å². The van der Waals surface area contributed by atoms with Crippen molar-refractivity contribution in [3.8, 4) is 0 Å². The Hall–Kier alpha value is -1.10. The summed E-state index contributed by atoms with van der Waals surface area (Å²) in [4.78, 5) is 23.7. The summed E-state index contributed by atoms with van der Waals surface area (Å²) in [5.74, 6) is 1.08. The van der Waals surface area contributed by atoms with Gasteiger partial charge in [0.25, 0.3) is 0 Å². The molecule has 0 aliphatic rings. The highest BCUT2D eigenvalue weighted by Crippen LogP contribution is 2.15. The molecule has 0 saturated heterocycles. The Balaban J connectivity index is 3.41. The van der Waals surface area contributed by atoms with Gasteiger partial charge in [-0.2, -0.15) is 0 Å². The molecule has 0 fully saturated rings. The molecule has 0 heterocycles. The summed E-state index contributed by atoms with van der Waals surface area (Å²) in [6.45, 7) is 8.93. The molecule has 0 saturated carbocycles. The van der Waals surface area contributed by atoms with Crippen LogP contribution >= 0.6 is 0 Å².